The number of thiocarbonyl (C=S) groups is 1. The van der Waals surface area contributed by atoms with Crippen molar-refractivity contribution in [2.75, 3.05) is 39.3 Å². The van der Waals surface area contributed by atoms with Gasteiger partial charge in [-0.25, -0.2) is 4.39 Å². The van der Waals surface area contributed by atoms with E-state index in [-0.39, 0.29) is 11.6 Å². The number of benzene rings is 1. The lowest BCUT2D eigenvalue weighted by atomic mass is 10.0. The van der Waals surface area contributed by atoms with Gasteiger partial charge in [0, 0.05) is 51.1 Å². The molecule has 1 aromatic heterocycles. The third-order valence-electron chi connectivity index (χ3n) is 3.88. The molecule has 0 radical (unpaired) electrons. The maximum atomic E-state index is 13.2. The van der Waals surface area contributed by atoms with Gasteiger partial charge in [-0.05, 0) is 24.3 Å². The first-order chi connectivity index (χ1) is 12.4. The van der Waals surface area contributed by atoms with Gasteiger partial charge in [0.05, 0.1) is 6.61 Å². The van der Waals surface area contributed by atoms with Crippen LogP contribution in [0, 0.1) is 5.82 Å². The molecule has 0 saturated heterocycles. The van der Waals surface area contributed by atoms with Crippen LogP contribution in [0.15, 0.2) is 48.8 Å². The molecule has 0 amide bonds. The van der Waals surface area contributed by atoms with E-state index in [0.29, 0.717) is 23.7 Å². The van der Waals surface area contributed by atoms with Crippen LogP contribution < -0.4 is 14.8 Å². The van der Waals surface area contributed by atoms with Crippen molar-refractivity contribution in [3.05, 3.63) is 60.2 Å². The van der Waals surface area contributed by atoms with E-state index in [1.807, 2.05) is 43.5 Å². The Morgan fingerprint density at radius 3 is 2.38 bits per heavy atom. The lowest BCUT2D eigenvalue weighted by Gasteiger charge is -2.16. The van der Waals surface area contributed by atoms with Crippen LogP contribution in [0.3, 0.4) is 0 Å². The predicted molar refractivity (Wildman–Crippen MR) is 103 cm³/mol. The van der Waals surface area contributed by atoms with Crippen LogP contribution in [0.4, 0.5) is 10.1 Å². The molecule has 0 aliphatic carbocycles. The number of halogens is 1. The second kappa shape index (κ2) is 9.35. The number of rotatable bonds is 8. The quantitative estimate of drug-likeness (QED) is 0.331. The Kier molecular flexibility index (Phi) is 7.17. The summed E-state index contributed by atoms with van der Waals surface area (Å²) in [5, 5.41) is 3.06. The summed E-state index contributed by atoms with van der Waals surface area (Å²) in [6.07, 6.45) is 3.62. The number of anilines is 1. The Morgan fingerprint density at radius 2 is 1.85 bits per heavy atom. The van der Waals surface area contributed by atoms with Gasteiger partial charge in [0.2, 0.25) is 5.78 Å². The minimum absolute atomic E-state index is 0.206. The van der Waals surface area contributed by atoms with Crippen molar-refractivity contribution in [3.63, 3.8) is 0 Å². The van der Waals surface area contributed by atoms with Gasteiger partial charge < -0.3 is 15.0 Å². The lowest BCUT2D eigenvalue weighted by molar-refractivity contribution is -0.692. The highest BCUT2D eigenvalue weighted by Gasteiger charge is 2.33. The topological polar surface area (TPSA) is 45.5 Å². The Labute approximate surface area is 158 Å². The van der Waals surface area contributed by atoms with Gasteiger partial charge in [-0.1, -0.05) is 12.2 Å². The number of methoxy groups -OCH3 is 1. The Bertz CT molecular complexity index is 748. The van der Waals surface area contributed by atoms with Gasteiger partial charge >= 0.3 is 0 Å². The van der Waals surface area contributed by atoms with Gasteiger partial charge in [-0.15, -0.1) is 0 Å². The molecular weight excluding hydrogens is 353 g/mol. The second-order valence-electron chi connectivity index (χ2n) is 5.96. The fourth-order valence-corrected chi connectivity index (χ4v) is 2.77. The number of pyridine rings is 1. The summed E-state index contributed by atoms with van der Waals surface area (Å²) in [5.74, 6) is -0.593. The third kappa shape index (κ3) is 5.06. The molecule has 5 nitrogen and oxygen atoms in total. The highest BCUT2D eigenvalue weighted by Crippen LogP contribution is 2.14. The van der Waals surface area contributed by atoms with E-state index in [1.165, 1.54) is 24.3 Å². The van der Waals surface area contributed by atoms with Crippen LogP contribution >= 0.6 is 12.2 Å². The van der Waals surface area contributed by atoms with Gasteiger partial charge in [-0.2, -0.15) is 4.57 Å². The van der Waals surface area contributed by atoms with Gasteiger partial charge in [0.15, 0.2) is 17.4 Å². The minimum Gasteiger partial charge on any atom is -0.383 e. The van der Waals surface area contributed by atoms with E-state index < -0.39 is 6.04 Å². The Hall–Kier alpha value is -2.38. The molecule has 0 aliphatic heterocycles. The molecule has 1 N–H and O–H groups in total. The molecule has 0 aliphatic rings. The van der Waals surface area contributed by atoms with Crippen molar-refractivity contribution in [2.24, 2.45) is 0 Å². The second-order valence-corrected chi connectivity index (χ2v) is 6.40. The van der Waals surface area contributed by atoms with Crippen molar-refractivity contribution in [1.29, 1.82) is 0 Å². The summed E-state index contributed by atoms with van der Waals surface area (Å²) in [4.78, 5) is 15.4. The third-order valence-corrected chi connectivity index (χ3v) is 4.25. The van der Waals surface area contributed by atoms with Crippen molar-refractivity contribution < 1.29 is 18.5 Å². The molecule has 138 valence electrons. The van der Waals surface area contributed by atoms with Crippen molar-refractivity contribution in [3.8, 4) is 0 Å². The molecule has 0 bridgehead atoms. The molecule has 0 unspecified atom stereocenters. The molecule has 26 heavy (non-hydrogen) atoms. The number of aromatic nitrogens is 1. The zero-order valence-electron chi connectivity index (χ0n) is 15.1. The van der Waals surface area contributed by atoms with E-state index in [2.05, 4.69) is 5.32 Å². The molecule has 1 aromatic carbocycles. The summed E-state index contributed by atoms with van der Waals surface area (Å²) < 4.78 is 20.0. The molecule has 2 aromatic rings. The molecular formula is C19H23FN3O2S+. The number of nitrogens with one attached hydrogen (secondary N) is 1. The molecule has 0 fully saturated rings. The highest BCUT2D eigenvalue weighted by molar-refractivity contribution is 7.80. The molecule has 1 heterocycles. The van der Waals surface area contributed by atoms with Gasteiger partial charge in [0.25, 0.3) is 6.04 Å². The van der Waals surface area contributed by atoms with E-state index >= 15 is 0 Å². The normalized spacial score (nSPS) is 11.7. The average Bonchev–Trinajstić information content (AvgIpc) is 2.63. The summed E-state index contributed by atoms with van der Waals surface area (Å²) >= 11 is 5.46. The molecule has 7 heteroatoms. The molecule has 0 spiro atoms. The molecule has 2 rings (SSSR count). The van der Waals surface area contributed by atoms with E-state index in [1.54, 1.807) is 11.7 Å². The number of carbonyl (C=O) groups is 1. The van der Waals surface area contributed by atoms with Gasteiger partial charge in [-0.3, -0.25) is 4.79 Å². The maximum absolute atomic E-state index is 13.2. The van der Waals surface area contributed by atoms with Crippen LogP contribution in [0.5, 0.6) is 0 Å². The van der Waals surface area contributed by atoms with Crippen LogP contribution in [0.2, 0.25) is 0 Å². The fraction of sp³-hybridized carbons (Fsp3) is 0.316. The summed E-state index contributed by atoms with van der Waals surface area (Å²) in [6.45, 7) is 0.973. The number of Topliss-reactive ketones (excluding diaryl/α,β-unsaturated/α-hetero) is 1. The number of ether oxygens (including phenoxy) is 1. The summed E-state index contributed by atoms with van der Waals surface area (Å²) in [7, 11) is 5.48. The molecule has 0 saturated carbocycles. The summed E-state index contributed by atoms with van der Waals surface area (Å²) in [5.41, 5.74) is 1.41. The minimum atomic E-state index is -0.719. The van der Waals surface area contributed by atoms with Crippen LogP contribution in [-0.4, -0.2) is 45.1 Å². The van der Waals surface area contributed by atoms with Crippen molar-refractivity contribution >= 4 is 28.7 Å². The zero-order chi connectivity index (χ0) is 19.1. The Morgan fingerprint density at radius 1 is 1.23 bits per heavy atom. The maximum Gasteiger partial charge on any atom is 0.270 e. The van der Waals surface area contributed by atoms with Crippen LogP contribution in [0.25, 0.3) is 0 Å². The number of hydrogen-bond acceptors (Lipinski definition) is 4. The average molecular weight is 376 g/mol. The van der Waals surface area contributed by atoms with Crippen molar-refractivity contribution in [1.82, 2.24) is 5.32 Å². The first kappa shape index (κ1) is 19.9. The van der Waals surface area contributed by atoms with Gasteiger partial charge in [0.1, 0.15) is 5.82 Å². The lowest BCUT2D eigenvalue weighted by Crippen LogP contribution is -2.51. The summed E-state index contributed by atoms with van der Waals surface area (Å²) in [6, 6.07) is 8.57. The fourth-order valence-electron chi connectivity index (χ4n) is 2.44. The Balaban J connectivity index is 2.32. The van der Waals surface area contributed by atoms with E-state index in [4.69, 9.17) is 17.0 Å². The first-order valence-electron chi connectivity index (χ1n) is 8.18. The predicted octanol–water partition coefficient (Wildman–Crippen LogP) is 2.17. The first-order valence-corrected chi connectivity index (χ1v) is 8.59. The number of hydrogen-bond donors (Lipinski definition) is 1. The van der Waals surface area contributed by atoms with Crippen LogP contribution in [-0.2, 0) is 4.74 Å². The number of ketones is 1. The largest absolute Gasteiger partial charge is 0.383 e. The monoisotopic (exact) mass is 376 g/mol. The smallest absolute Gasteiger partial charge is 0.270 e. The van der Waals surface area contributed by atoms with E-state index in [9.17, 15) is 9.18 Å². The SMILES string of the molecule is COCCNC(=S)[C@H](C(=O)c1ccc(F)cc1)[n+]1ccc(N(C)C)cc1. The van der Waals surface area contributed by atoms with Crippen LogP contribution in [0.1, 0.15) is 16.4 Å². The highest BCUT2D eigenvalue weighted by atomic mass is 32.1. The number of nitrogens with zero attached hydrogens (tertiary/aromatic N) is 2. The van der Waals surface area contributed by atoms with E-state index in [0.717, 1.165) is 5.69 Å². The zero-order valence-corrected chi connectivity index (χ0v) is 15.9. The molecule has 1 atom stereocenters. The number of carbonyl (C=O) groups excluding carboxylic acids is 1. The standard InChI is InChI=1S/C19H22FN3O2S/c1-22(2)16-8-11-23(12-9-16)17(19(26)21-10-13-25-3)18(24)14-4-6-15(20)7-5-14/h4-9,11-12,17H,10,13H2,1-3H3/p+1/t17-/m0/s1. The van der Waals surface area contributed by atoms with Crippen molar-refractivity contribution in [2.45, 2.75) is 6.04 Å².